The monoisotopic (exact) mass is 368 g/mol. The number of ether oxygens (including phenoxy) is 1. The van der Waals surface area contributed by atoms with Crippen LogP contribution in [-0.2, 0) is 11.3 Å². The minimum absolute atomic E-state index is 0.0239. The van der Waals surface area contributed by atoms with E-state index in [4.69, 9.17) is 0 Å². The van der Waals surface area contributed by atoms with Crippen LogP contribution in [0, 0.1) is 5.41 Å². The lowest BCUT2D eigenvalue weighted by atomic mass is 9.73. The summed E-state index contributed by atoms with van der Waals surface area (Å²) in [6.45, 7) is 0.469. The molecular weight excluding hydrogens is 342 g/mol. The van der Waals surface area contributed by atoms with Crippen molar-refractivity contribution in [3.8, 4) is 5.75 Å². The van der Waals surface area contributed by atoms with E-state index in [2.05, 4.69) is 9.64 Å². The summed E-state index contributed by atoms with van der Waals surface area (Å²) in [6, 6.07) is 6.92. The number of hydrogen-bond donors (Lipinski definition) is 1. The van der Waals surface area contributed by atoms with Gasteiger partial charge in [-0.1, -0.05) is 18.2 Å². The molecule has 1 spiro atoms. The van der Waals surface area contributed by atoms with Crippen LogP contribution in [0.2, 0.25) is 0 Å². The second kappa shape index (κ2) is 8.31. The average molecular weight is 368 g/mol. The molecule has 0 bridgehead atoms. The summed E-state index contributed by atoms with van der Waals surface area (Å²) in [4.78, 5) is 16.1. The third kappa shape index (κ3) is 4.51. The second-order valence-electron chi connectivity index (χ2n) is 7.34. The number of carbonyl (C=O) groups is 1. The maximum Gasteiger partial charge on any atom is 0.387 e. The van der Waals surface area contributed by atoms with E-state index in [-0.39, 0.29) is 23.7 Å². The highest BCUT2D eigenvalue weighted by Gasteiger charge is 2.41. The van der Waals surface area contributed by atoms with Gasteiger partial charge in [-0.2, -0.15) is 8.78 Å². The van der Waals surface area contributed by atoms with Gasteiger partial charge in [-0.3, -0.25) is 9.69 Å². The van der Waals surface area contributed by atoms with Crippen LogP contribution >= 0.6 is 0 Å². The van der Waals surface area contributed by atoms with Crippen molar-refractivity contribution in [3.63, 3.8) is 0 Å². The molecule has 1 amide bonds. The molecule has 1 atom stereocenters. The van der Waals surface area contributed by atoms with Crippen molar-refractivity contribution in [1.82, 2.24) is 9.80 Å². The number of piperidine rings is 2. The van der Waals surface area contributed by atoms with Crippen LogP contribution in [0.3, 0.4) is 0 Å². The zero-order valence-corrected chi connectivity index (χ0v) is 14.9. The van der Waals surface area contributed by atoms with Gasteiger partial charge in [-0.15, -0.1) is 0 Å². The van der Waals surface area contributed by atoms with Gasteiger partial charge < -0.3 is 14.7 Å². The molecule has 2 aliphatic rings. The highest BCUT2D eigenvalue weighted by Crippen LogP contribution is 2.39. The van der Waals surface area contributed by atoms with Gasteiger partial charge in [0.25, 0.3) is 0 Å². The van der Waals surface area contributed by atoms with E-state index in [1.165, 1.54) is 0 Å². The Kier molecular flexibility index (Phi) is 6.09. The van der Waals surface area contributed by atoms with Crippen molar-refractivity contribution in [1.29, 1.82) is 0 Å². The summed E-state index contributed by atoms with van der Waals surface area (Å²) >= 11 is 0. The van der Waals surface area contributed by atoms with Gasteiger partial charge in [0.2, 0.25) is 5.91 Å². The zero-order chi connectivity index (χ0) is 18.6. The van der Waals surface area contributed by atoms with Crippen LogP contribution in [0.15, 0.2) is 24.3 Å². The maximum atomic E-state index is 12.6. The van der Waals surface area contributed by atoms with Crippen molar-refractivity contribution in [2.45, 2.75) is 38.8 Å². The van der Waals surface area contributed by atoms with Crippen molar-refractivity contribution in [3.05, 3.63) is 29.8 Å². The molecule has 26 heavy (non-hydrogen) atoms. The Balaban J connectivity index is 1.68. The molecule has 7 heteroatoms. The van der Waals surface area contributed by atoms with Crippen molar-refractivity contribution in [2.24, 2.45) is 5.41 Å². The fourth-order valence-electron chi connectivity index (χ4n) is 4.29. The van der Waals surface area contributed by atoms with Crippen LogP contribution in [0.25, 0.3) is 0 Å². The molecule has 2 heterocycles. The summed E-state index contributed by atoms with van der Waals surface area (Å²) in [6.07, 6.45) is 3.42. The Morgan fingerprint density at radius 3 is 2.81 bits per heavy atom. The maximum absolute atomic E-state index is 12.6. The first-order chi connectivity index (χ1) is 12.5. The molecule has 2 aliphatic heterocycles. The van der Waals surface area contributed by atoms with Crippen molar-refractivity contribution in [2.75, 3.05) is 32.8 Å². The number of likely N-dealkylation sites (tertiary alicyclic amines) is 2. The summed E-state index contributed by atoms with van der Waals surface area (Å²) in [7, 11) is 0. The van der Waals surface area contributed by atoms with E-state index in [0.29, 0.717) is 26.1 Å². The largest absolute Gasteiger partial charge is 0.434 e. The van der Waals surface area contributed by atoms with Crippen LogP contribution < -0.4 is 4.74 Å². The number of rotatable bonds is 6. The third-order valence-corrected chi connectivity index (χ3v) is 5.44. The predicted octanol–water partition coefficient (Wildman–Crippen LogP) is 2.48. The smallest absolute Gasteiger partial charge is 0.387 e. The van der Waals surface area contributed by atoms with Gasteiger partial charge in [0.05, 0.1) is 6.61 Å². The molecule has 1 aromatic carbocycles. The van der Waals surface area contributed by atoms with E-state index in [0.717, 1.165) is 37.9 Å². The first-order valence-corrected chi connectivity index (χ1v) is 9.15. The summed E-state index contributed by atoms with van der Waals surface area (Å²) in [5.74, 6) is 0.334. The summed E-state index contributed by atoms with van der Waals surface area (Å²) in [5.41, 5.74) is 0.781. The Bertz CT molecular complexity index is 629. The number of alkyl halides is 2. The molecule has 1 aromatic rings. The standard InChI is InChI=1S/C19H26F2N2O3/c20-18(21)26-16-5-2-1-4-15(16)12-22-9-3-7-19(13-22)8-6-17(25)23(14-19)10-11-24/h1-2,4-5,18,24H,3,6-14H2. The lowest BCUT2D eigenvalue weighted by Crippen LogP contribution is -2.54. The summed E-state index contributed by atoms with van der Waals surface area (Å²) < 4.78 is 29.9. The number of para-hydroxylation sites is 1. The fraction of sp³-hybridized carbons (Fsp3) is 0.632. The van der Waals surface area contributed by atoms with Gasteiger partial charge >= 0.3 is 6.61 Å². The molecule has 0 radical (unpaired) electrons. The Morgan fingerprint density at radius 2 is 2.04 bits per heavy atom. The lowest BCUT2D eigenvalue weighted by Gasteiger charge is -2.48. The van der Waals surface area contributed by atoms with Gasteiger partial charge in [-0.25, -0.2) is 0 Å². The Labute approximate surface area is 152 Å². The molecule has 1 N–H and O–H groups in total. The van der Waals surface area contributed by atoms with Crippen molar-refractivity contribution < 1.29 is 23.4 Å². The minimum Gasteiger partial charge on any atom is -0.434 e. The van der Waals surface area contributed by atoms with Crippen molar-refractivity contribution >= 4 is 5.91 Å². The Morgan fingerprint density at radius 1 is 1.23 bits per heavy atom. The Hall–Kier alpha value is -1.73. The molecule has 0 aromatic heterocycles. The number of nitrogens with zero attached hydrogens (tertiary/aromatic N) is 2. The molecule has 2 fully saturated rings. The molecule has 3 rings (SSSR count). The zero-order valence-electron chi connectivity index (χ0n) is 14.9. The number of β-amino-alcohol motifs (C(OH)–C–C–N with tert-alkyl or cyclic N) is 1. The molecule has 1 unspecified atom stereocenters. The van der Waals surface area contributed by atoms with Crippen LogP contribution in [0.5, 0.6) is 5.75 Å². The SMILES string of the molecule is O=C1CCC2(CCCN(Cc3ccccc3OC(F)F)C2)CN1CCO. The number of carbonyl (C=O) groups excluding carboxylic acids is 1. The fourth-order valence-corrected chi connectivity index (χ4v) is 4.29. The average Bonchev–Trinajstić information content (AvgIpc) is 2.60. The van der Waals surface area contributed by atoms with Gasteiger partial charge in [0.15, 0.2) is 0 Å². The lowest BCUT2D eigenvalue weighted by molar-refractivity contribution is -0.140. The topological polar surface area (TPSA) is 53.0 Å². The van der Waals surface area contributed by atoms with Gasteiger partial charge in [-0.05, 0) is 31.9 Å². The minimum atomic E-state index is -2.83. The number of amides is 1. The quantitative estimate of drug-likeness (QED) is 0.838. The van der Waals surface area contributed by atoms with E-state index in [1.807, 2.05) is 12.1 Å². The van der Waals surface area contributed by atoms with E-state index in [9.17, 15) is 18.7 Å². The molecular formula is C19H26F2N2O3. The summed E-state index contributed by atoms with van der Waals surface area (Å²) in [5, 5.41) is 9.19. The second-order valence-corrected chi connectivity index (χ2v) is 7.34. The van der Waals surface area contributed by atoms with Gasteiger partial charge in [0, 0.05) is 43.6 Å². The molecule has 0 aliphatic carbocycles. The number of halogens is 2. The first-order valence-electron chi connectivity index (χ1n) is 9.15. The number of benzene rings is 1. The van der Waals surface area contributed by atoms with E-state index < -0.39 is 6.61 Å². The number of aliphatic hydroxyl groups is 1. The number of aliphatic hydroxyl groups excluding tert-OH is 1. The van der Waals surface area contributed by atoms with E-state index in [1.54, 1.807) is 17.0 Å². The predicted molar refractivity (Wildman–Crippen MR) is 92.9 cm³/mol. The molecule has 144 valence electrons. The van der Waals surface area contributed by atoms with Crippen LogP contribution in [-0.4, -0.2) is 60.2 Å². The normalized spacial score (nSPS) is 24.5. The first kappa shape index (κ1) is 19.0. The highest BCUT2D eigenvalue weighted by molar-refractivity contribution is 5.77. The van der Waals surface area contributed by atoms with Crippen LogP contribution in [0.4, 0.5) is 8.78 Å². The van der Waals surface area contributed by atoms with Gasteiger partial charge in [0.1, 0.15) is 5.75 Å². The number of hydrogen-bond acceptors (Lipinski definition) is 4. The highest BCUT2D eigenvalue weighted by atomic mass is 19.3. The molecule has 0 saturated carbocycles. The van der Waals surface area contributed by atoms with Crippen LogP contribution in [0.1, 0.15) is 31.2 Å². The molecule has 5 nitrogen and oxygen atoms in total. The third-order valence-electron chi connectivity index (χ3n) is 5.44. The molecule has 2 saturated heterocycles. The van der Waals surface area contributed by atoms with E-state index >= 15 is 0 Å².